The number of hydrogen-bond donors (Lipinski definition) is 2. The van der Waals surface area contributed by atoms with Crippen molar-refractivity contribution in [3.8, 4) is 0 Å². The van der Waals surface area contributed by atoms with Crippen molar-refractivity contribution in [2.24, 2.45) is 0 Å². The maximum Gasteiger partial charge on any atom is 0.0914 e. The number of halogens is 1. The van der Waals surface area contributed by atoms with E-state index in [1.54, 1.807) is 12.1 Å². The van der Waals surface area contributed by atoms with Crippen molar-refractivity contribution in [1.82, 2.24) is 10.2 Å². The second-order valence-corrected chi connectivity index (χ2v) is 4.86. The van der Waals surface area contributed by atoms with Crippen molar-refractivity contribution in [2.45, 2.75) is 12.5 Å². The van der Waals surface area contributed by atoms with Crippen LogP contribution in [0.15, 0.2) is 24.3 Å². The maximum atomic E-state index is 9.90. The van der Waals surface area contributed by atoms with Crippen LogP contribution in [-0.4, -0.2) is 43.7 Å². The summed E-state index contributed by atoms with van der Waals surface area (Å²) < 4.78 is 0. The molecule has 4 heteroatoms. The van der Waals surface area contributed by atoms with E-state index in [0.717, 1.165) is 25.1 Å². The molecule has 1 rings (SSSR count). The number of benzene rings is 1. The molecule has 1 atom stereocenters. The Hall–Kier alpha value is -0.610. The number of rotatable bonds is 7. The fraction of sp³-hybridized carbons (Fsp3) is 0.538. The summed E-state index contributed by atoms with van der Waals surface area (Å²) in [6.07, 6.45) is 0.618. The molecule has 0 heterocycles. The molecule has 0 radical (unpaired) electrons. The van der Waals surface area contributed by atoms with E-state index in [4.69, 9.17) is 11.6 Å². The molecular weight excluding hydrogens is 236 g/mol. The van der Waals surface area contributed by atoms with Gasteiger partial charge in [-0.15, -0.1) is 0 Å². The molecule has 1 aromatic carbocycles. The predicted molar refractivity (Wildman–Crippen MR) is 72.5 cm³/mol. The Bertz CT molecular complexity index is 314. The highest BCUT2D eigenvalue weighted by Gasteiger charge is 2.06. The lowest BCUT2D eigenvalue weighted by atomic mass is 10.1. The quantitative estimate of drug-likeness (QED) is 0.732. The average Bonchev–Trinajstić information content (AvgIpc) is 2.29. The van der Waals surface area contributed by atoms with E-state index in [0.29, 0.717) is 11.6 Å². The van der Waals surface area contributed by atoms with Crippen molar-refractivity contribution < 1.29 is 5.11 Å². The van der Waals surface area contributed by atoms with E-state index in [-0.39, 0.29) is 0 Å². The zero-order valence-corrected chi connectivity index (χ0v) is 11.2. The Labute approximate surface area is 108 Å². The summed E-state index contributed by atoms with van der Waals surface area (Å²) in [4.78, 5) is 2.15. The monoisotopic (exact) mass is 256 g/mol. The van der Waals surface area contributed by atoms with E-state index in [1.165, 1.54) is 0 Å². The molecule has 0 aliphatic carbocycles. The molecule has 0 aliphatic rings. The van der Waals surface area contributed by atoms with Crippen molar-refractivity contribution in [3.05, 3.63) is 34.9 Å². The molecule has 0 aromatic heterocycles. The van der Waals surface area contributed by atoms with Gasteiger partial charge in [0.25, 0.3) is 0 Å². The van der Waals surface area contributed by atoms with Crippen molar-refractivity contribution in [2.75, 3.05) is 33.7 Å². The van der Waals surface area contributed by atoms with Crippen molar-refractivity contribution >= 4 is 11.6 Å². The standard InChI is InChI=1S/C13H21ClN2O/c1-16(2)9-3-8-15-10-13(17)11-4-6-12(14)7-5-11/h4-7,13,15,17H,3,8-10H2,1-2H3. The first-order valence-corrected chi connectivity index (χ1v) is 6.26. The van der Waals surface area contributed by atoms with Gasteiger partial charge in [0.15, 0.2) is 0 Å². The lowest BCUT2D eigenvalue weighted by Gasteiger charge is -2.13. The number of aliphatic hydroxyl groups excluding tert-OH is 1. The zero-order chi connectivity index (χ0) is 12.7. The first-order chi connectivity index (χ1) is 8.09. The second-order valence-electron chi connectivity index (χ2n) is 4.43. The normalized spacial score (nSPS) is 13.0. The molecule has 0 amide bonds. The first kappa shape index (κ1) is 14.5. The lowest BCUT2D eigenvalue weighted by molar-refractivity contribution is 0.174. The van der Waals surface area contributed by atoms with Gasteiger partial charge in [-0.05, 0) is 51.3 Å². The molecule has 0 saturated carbocycles. The molecule has 0 aliphatic heterocycles. The van der Waals surface area contributed by atoms with Gasteiger partial charge in [-0.2, -0.15) is 0 Å². The van der Waals surface area contributed by atoms with Crippen molar-refractivity contribution in [1.29, 1.82) is 0 Å². The summed E-state index contributed by atoms with van der Waals surface area (Å²) in [7, 11) is 4.12. The lowest BCUT2D eigenvalue weighted by Crippen LogP contribution is -2.25. The average molecular weight is 257 g/mol. The molecular formula is C13H21ClN2O. The minimum absolute atomic E-state index is 0.466. The maximum absolute atomic E-state index is 9.90. The molecule has 0 spiro atoms. The third-order valence-corrected chi connectivity index (χ3v) is 2.80. The smallest absolute Gasteiger partial charge is 0.0914 e. The molecule has 96 valence electrons. The third-order valence-electron chi connectivity index (χ3n) is 2.55. The van der Waals surface area contributed by atoms with Crippen LogP contribution in [-0.2, 0) is 0 Å². The van der Waals surface area contributed by atoms with E-state index >= 15 is 0 Å². The predicted octanol–water partition coefficient (Wildman–Crippen LogP) is 1.91. The molecule has 0 bridgehead atoms. The van der Waals surface area contributed by atoms with Gasteiger partial charge >= 0.3 is 0 Å². The SMILES string of the molecule is CN(C)CCCNCC(O)c1ccc(Cl)cc1. The fourth-order valence-electron chi connectivity index (χ4n) is 1.56. The van der Waals surface area contributed by atoms with Gasteiger partial charge in [-0.25, -0.2) is 0 Å². The summed E-state index contributed by atoms with van der Waals surface area (Å²) in [5, 5.41) is 13.8. The van der Waals surface area contributed by atoms with E-state index in [9.17, 15) is 5.11 Å². The topological polar surface area (TPSA) is 35.5 Å². The van der Waals surface area contributed by atoms with Crippen LogP contribution in [0.2, 0.25) is 5.02 Å². The zero-order valence-electron chi connectivity index (χ0n) is 10.5. The number of nitrogens with one attached hydrogen (secondary N) is 1. The summed E-state index contributed by atoms with van der Waals surface area (Å²) in [6.45, 7) is 2.56. The Morgan fingerprint density at radius 3 is 2.53 bits per heavy atom. The van der Waals surface area contributed by atoms with Crippen LogP contribution in [0.1, 0.15) is 18.1 Å². The highest BCUT2D eigenvalue weighted by atomic mass is 35.5. The van der Waals surface area contributed by atoms with Crippen LogP contribution in [0.4, 0.5) is 0 Å². The van der Waals surface area contributed by atoms with Gasteiger partial charge in [-0.3, -0.25) is 0 Å². The van der Waals surface area contributed by atoms with Crippen LogP contribution in [0.5, 0.6) is 0 Å². The molecule has 17 heavy (non-hydrogen) atoms. The van der Waals surface area contributed by atoms with Gasteiger partial charge in [0, 0.05) is 11.6 Å². The van der Waals surface area contributed by atoms with E-state index in [1.807, 2.05) is 12.1 Å². The van der Waals surface area contributed by atoms with Crippen molar-refractivity contribution in [3.63, 3.8) is 0 Å². The Balaban J connectivity index is 2.21. The van der Waals surface area contributed by atoms with Crippen LogP contribution in [0, 0.1) is 0 Å². The second kappa shape index (κ2) is 7.67. The van der Waals surface area contributed by atoms with E-state index in [2.05, 4.69) is 24.3 Å². The van der Waals surface area contributed by atoms with E-state index < -0.39 is 6.10 Å². The summed E-state index contributed by atoms with van der Waals surface area (Å²) >= 11 is 5.79. The summed E-state index contributed by atoms with van der Waals surface area (Å²) in [6, 6.07) is 7.31. The van der Waals surface area contributed by atoms with Crippen LogP contribution in [0.25, 0.3) is 0 Å². The highest BCUT2D eigenvalue weighted by molar-refractivity contribution is 6.30. The summed E-state index contributed by atoms with van der Waals surface area (Å²) in [5.74, 6) is 0. The van der Waals surface area contributed by atoms with Gasteiger partial charge < -0.3 is 15.3 Å². The Morgan fingerprint density at radius 1 is 1.29 bits per heavy atom. The molecule has 0 saturated heterocycles. The van der Waals surface area contributed by atoms with Gasteiger partial charge in [-0.1, -0.05) is 23.7 Å². The largest absolute Gasteiger partial charge is 0.387 e. The number of hydrogen-bond acceptors (Lipinski definition) is 3. The van der Waals surface area contributed by atoms with Gasteiger partial charge in [0.05, 0.1) is 6.10 Å². The molecule has 1 aromatic rings. The first-order valence-electron chi connectivity index (χ1n) is 5.88. The number of aliphatic hydroxyl groups is 1. The molecule has 2 N–H and O–H groups in total. The number of nitrogens with zero attached hydrogens (tertiary/aromatic N) is 1. The Morgan fingerprint density at radius 2 is 1.94 bits per heavy atom. The van der Waals surface area contributed by atoms with Gasteiger partial charge in [0.2, 0.25) is 0 Å². The fourth-order valence-corrected chi connectivity index (χ4v) is 1.69. The molecule has 3 nitrogen and oxygen atoms in total. The van der Waals surface area contributed by atoms with Crippen LogP contribution in [0.3, 0.4) is 0 Å². The molecule has 1 unspecified atom stereocenters. The van der Waals surface area contributed by atoms with Gasteiger partial charge in [0.1, 0.15) is 0 Å². The summed E-state index contributed by atoms with van der Waals surface area (Å²) in [5.41, 5.74) is 0.898. The highest BCUT2D eigenvalue weighted by Crippen LogP contribution is 2.15. The minimum Gasteiger partial charge on any atom is -0.387 e. The van der Waals surface area contributed by atoms with Crippen LogP contribution < -0.4 is 5.32 Å². The molecule has 0 fully saturated rings. The third kappa shape index (κ3) is 6.03. The Kier molecular flexibility index (Phi) is 6.52. The van der Waals surface area contributed by atoms with Crippen LogP contribution >= 0.6 is 11.6 Å². The minimum atomic E-state index is -0.466.